The number of hydrogen-bond donors (Lipinski definition) is 0. The van der Waals surface area contributed by atoms with Crippen LogP contribution in [-0.4, -0.2) is 0 Å². The molecule has 0 unspecified atom stereocenters. The summed E-state index contributed by atoms with van der Waals surface area (Å²) in [6.07, 6.45) is 4.79. The van der Waals surface area contributed by atoms with Crippen molar-refractivity contribution in [3.8, 4) is 0 Å². The van der Waals surface area contributed by atoms with Crippen molar-refractivity contribution in [2.45, 2.75) is 26.7 Å². The van der Waals surface area contributed by atoms with Crippen LogP contribution in [0.4, 0.5) is 0 Å². The van der Waals surface area contributed by atoms with Crippen LogP contribution in [0.15, 0.2) is 30.3 Å². The first-order chi connectivity index (χ1) is 5.79. The Morgan fingerprint density at radius 3 is 2.42 bits per heavy atom. The predicted molar refractivity (Wildman–Crippen MR) is 53.9 cm³/mol. The Kier molecular flexibility index (Phi) is 3.86. The van der Waals surface area contributed by atoms with Crippen molar-refractivity contribution >= 4 is 0 Å². The lowest BCUT2D eigenvalue weighted by molar-refractivity contribution is 0.585. The molecule has 1 aromatic rings. The van der Waals surface area contributed by atoms with E-state index in [-0.39, 0.29) is 0 Å². The van der Waals surface area contributed by atoms with Gasteiger partial charge in [0.05, 0.1) is 0 Å². The molecule has 1 rings (SSSR count). The van der Waals surface area contributed by atoms with E-state index in [0.29, 0.717) is 0 Å². The van der Waals surface area contributed by atoms with Crippen molar-refractivity contribution < 1.29 is 0 Å². The van der Waals surface area contributed by atoms with Gasteiger partial charge in [-0.2, -0.15) is 0 Å². The van der Waals surface area contributed by atoms with Gasteiger partial charge in [-0.1, -0.05) is 50.6 Å². The standard InChI is InChI=1S/C12H17/c1-11(2)7-6-10-12-8-4-3-5-9-12/h3-5,8-11H,6-7H2,1-2H3. The van der Waals surface area contributed by atoms with Gasteiger partial charge in [0.1, 0.15) is 0 Å². The third kappa shape index (κ3) is 3.56. The summed E-state index contributed by atoms with van der Waals surface area (Å²) in [4.78, 5) is 0. The molecule has 0 heterocycles. The Morgan fingerprint density at radius 2 is 1.83 bits per heavy atom. The molecule has 0 amide bonds. The van der Waals surface area contributed by atoms with Crippen molar-refractivity contribution in [3.63, 3.8) is 0 Å². The van der Waals surface area contributed by atoms with Gasteiger partial charge in [-0.3, -0.25) is 0 Å². The fraction of sp³-hybridized carbons (Fsp3) is 0.417. The van der Waals surface area contributed by atoms with Crippen LogP contribution in [0.5, 0.6) is 0 Å². The van der Waals surface area contributed by atoms with E-state index in [1.165, 1.54) is 18.4 Å². The van der Waals surface area contributed by atoms with Gasteiger partial charge in [0.15, 0.2) is 0 Å². The van der Waals surface area contributed by atoms with Gasteiger partial charge < -0.3 is 0 Å². The molecular formula is C12H17. The van der Waals surface area contributed by atoms with Gasteiger partial charge in [-0.05, 0) is 24.3 Å². The molecule has 0 aromatic heterocycles. The minimum Gasteiger partial charge on any atom is -0.0628 e. The zero-order valence-corrected chi connectivity index (χ0v) is 7.96. The maximum Gasteiger partial charge on any atom is -0.00930 e. The highest BCUT2D eigenvalue weighted by Gasteiger charge is 1.95. The summed E-state index contributed by atoms with van der Waals surface area (Å²) in [5, 5.41) is 0. The fourth-order valence-electron chi connectivity index (χ4n) is 1.17. The summed E-state index contributed by atoms with van der Waals surface area (Å²) in [6, 6.07) is 10.5. The molecule has 0 atom stereocenters. The van der Waals surface area contributed by atoms with Crippen molar-refractivity contribution in [1.29, 1.82) is 0 Å². The summed E-state index contributed by atoms with van der Waals surface area (Å²) >= 11 is 0. The van der Waals surface area contributed by atoms with E-state index in [0.717, 1.165) is 5.92 Å². The molecule has 0 saturated carbocycles. The Morgan fingerprint density at radius 1 is 1.17 bits per heavy atom. The first-order valence-electron chi connectivity index (χ1n) is 4.67. The second-order valence-electron chi connectivity index (χ2n) is 3.59. The summed E-state index contributed by atoms with van der Waals surface area (Å²) in [6.45, 7) is 4.53. The average molecular weight is 161 g/mol. The van der Waals surface area contributed by atoms with Crippen LogP contribution in [0.3, 0.4) is 0 Å². The normalized spacial score (nSPS) is 10.6. The van der Waals surface area contributed by atoms with Crippen LogP contribution in [0, 0.1) is 12.3 Å². The predicted octanol–water partition coefficient (Wildman–Crippen LogP) is 3.68. The zero-order chi connectivity index (χ0) is 8.81. The highest BCUT2D eigenvalue weighted by atomic mass is 14.0. The third-order valence-corrected chi connectivity index (χ3v) is 1.92. The Balaban J connectivity index is 2.25. The molecule has 0 aliphatic carbocycles. The lowest BCUT2D eigenvalue weighted by Crippen LogP contribution is -1.88. The lowest BCUT2D eigenvalue weighted by Gasteiger charge is -2.03. The second-order valence-corrected chi connectivity index (χ2v) is 3.59. The van der Waals surface area contributed by atoms with Gasteiger partial charge in [-0.25, -0.2) is 0 Å². The third-order valence-electron chi connectivity index (χ3n) is 1.92. The number of benzene rings is 1. The summed E-state index contributed by atoms with van der Waals surface area (Å²) in [7, 11) is 0. The Bertz CT molecular complexity index is 199. The Labute approximate surface area is 75.6 Å². The molecule has 1 radical (unpaired) electrons. The van der Waals surface area contributed by atoms with Crippen LogP contribution in [-0.2, 0) is 0 Å². The van der Waals surface area contributed by atoms with Gasteiger partial charge in [-0.15, -0.1) is 0 Å². The topological polar surface area (TPSA) is 0 Å². The minimum atomic E-state index is 0.810. The molecular weight excluding hydrogens is 144 g/mol. The molecule has 0 heteroatoms. The molecule has 0 nitrogen and oxygen atoms in total. The molecule has 0 saturated heterocycles. The van der Waals surface area contributed by atoms with Gasteiger partial charge in [0.2, 0.25) is 0 Å². The van der Waals surface area contributed by atoms with E-state index < -0.39 is 0 Å². The number of rotatable bonds is 4. The summed E-state index contributed by atoms with van der Waals surface area (Å²) in [5.74, 6) is 0.810. The van der Waals surface area contributed by atoms with Crippen LogP contribution in [0.1, 0.15) is 32.3 Å². The Hall–Kier alpha value is -0.780. The molecule has 0 aliphatic heterocycles. The molecule has 1 aromatic carbocycles. The molecule has 0 fully saturated rings. The van der Waals surface area contributed by atoms with Crippen LogP contribution in [0.25, 0.3) is 0 Å². The van der Waals surface area contributed by atoms with Crippen molar-refractivity contribution in [1.82, 2.24) is 0 Å². The highest BCUT2D eigenvalue weighted by molar-refractivity contribution is 5.21. The van der Waals surface area contributed by atoms with E-state index in [4.69, 9.17) is 0 Å². The fourth-order valence-corrected chi connectivity index (χ4v) is 1.17. The van der Waals surface area contributed by atoms with Crippen LogP contribution >= 0.6 is 0 Å². The molecule has 12 heavy (non-hydrogen) atoms. The maximum atomic E-state index is 2.31. The van der Waals surface area contributed by atoms with E-state index in [2.05, 4.69) is 50.6 Å². The van der Waals surface area contributed by atoms with Crippen molar-refractivity contribution in [3.05, 3.63) is 42.3 Å². The highest BCUT2D eigenvalue weighted by Crippen LogP contribution is 2.10. The van der Waals surface area contributed by atoms with E-state index in [9.17, 15) is 0 Å². The molecule has 0 spiro atoms. The monoisotopic (exact) mass is 161 g/mol. The molecule has 65 valence electrons. The number of hydrogen-bond acceptors (Lipinski definition) is 0. The van der Waals surface area contributed by atoms with Crippen LogP contribution < -0.4 is 0 Å². The van der Waals surface area contributed by atoms with E-state index in [1.807, 2.05) is 0 Å². The van der Waals surface area contributed by atoms with Crippen LogP contribution in [0.2, 0.25) is 0 Å². The lowest BCUT2D eigenvalue weighted by atomic mass is 10.0. The first kappa shape index (κ1) is 9.31. The van der Waals surface area contributed by atoms with Crippen molar-refractivity contribution in [2.24, 2.45) is 5.92 Å². The van der Waals surface area contributed by atoms with Gasteiger partial charge in [0.25, 0.3) is 0 Å². The average Bonchev–Trinajstić information content (AvgIpc) is 2.05. The van der Waals surface area contributed by atoms with Crippen molar-refractivity contribution in [2.75, 3.05) is 0 Å². The SMILES string of the molecule is CC(C)CC[CH]c1ccccc1. The van der Waals surface area contributed by atoms with Gasteiger partial charge in [0, 0.05) is 0 Å². The quantitative estimate of drug-likeness (QED) is 0.632. The summed E-state index contributed by atoms with van der Waals surface area (Å²) < 4.78 is 0. The smallest absolute Gasteiger partial charge is 0.00930 e. The summed E-state index contributed by atoms with van der Waals surface area (Å²) in [5.41, 5.74) is 1.35. The zero-order valence-electron chi connectivity index (χ0n) is 7.96. The van der Waals surface area contributed by atoms with E-state index >= 15 is 0 Å². The second kappa shape index (κ2) is 4.97. The molecule has 0 N–H and O–H groups in total. The van der Waals surface area contributed by atoms with E-state index in [1.54, 1.807) is 0 Å². The molecule has 0 aliphatic rings. The first-order valence-corrected chi connectivity index (χ1v) is 4.67. The van der Waals surface area contributed by atoms with Gasteiger partial charge >= 0.3 is 0 Å². The molecule has 0 bridgehead atoms. The largest absolute Gasteiger partial charge is 0.0628 e. The minimum absolute atomic E-state index is 0.810. The maximum absolute atomic E-state index is 2.31.